The maximum absolute atomic E-state index is 2.31. The van der Waals surface area contributed by atoms with Crippen LogP contribution in [0.2, 0.25) is 6.32 Å². The summed E-state index contributed by atoms with van der Waals surface area (Å²) in [5.74, 6) is 0.677. The first-order valence-electron chi connectivity index (χ1n) is 6.21. The molecule has 16 heavy (non-hydrogen) atoms. The monoisotopic (exact) mass is 216 g/mol. The molecular formula is C14H23BN. The van der Waals surface area contributed by atoms with Crippen LogP contribution in [0.3, 0.4) is 0 Å². The van der Waals surface area contributed by atoms with Crippen LogP contribution in [0.5, 0.6) is 0 Å². The van der Waals surface area contributed by atoms with Crippen molar-refractivity contribution in [3.05, 3.63) is 29.8 Å². The maximum Gasteiger partial charge on any atom is 0.152 e. The predicted octanol–water partition coefficient (Wildman–Crippen LogP) is 2.51. The second kappa shape index (κ2) is 6.75. The van der Waals surface area contributed by atoms with E-state index in [0.717, 1.165) is 12.9 Å². The van der Waals surface area contributed by atoms with E-state index in [4.69, 9.17) is 0 Å². The van der Waals surface area contributed by atoms with Crippen LogP contribution in [-0.2, 0) is 0 Å². The second-order valence-corrected chi connectivity index (χ2v) is 4.77. The molecule has 2 heteroatoms. The van der Waals surface area contributed by atoms with Crippen molar-refractivity contribution in [1.82, 2.24) is 4.90 Å². The second-order valence-electron chi connectivity index (χ2n) is 4.77. The van der Waals surface area contributed by atoms with Gasteiger partial charge in [-0.1, -0.05) is 49.9 Å². The minimum absolute atomic E-state index is 0.677. The Balaban J connectivity index is 2.45. The van der Waals surface area contributed by atoms with Gasteiger partial charge in [0, 0.05) is 0 Å². The lowest BCUT2D eigenvalue weighted by atomic mass is 9.67. The lowest BCUT2D eigenvalue weighted by Crippen LogP contribution is -2.20. The molecule has 0 bridgehead atoms. The summed E-state index contributed by atoms with van der Waals surface area (Å²) in [6.45, 7) is 5.64. The van der Waals surface area contributed by atoms with E-state index in [-0.39, 0.29) is 0 Å². The lowest BCUT2D eigenvalue weighted by molar-refractivity contribution is 0.433. The third kappa shape index (κ3) is 4.40. The molecule has 1 aromatic carbocycles. The Morgan fingerprint density at radius 1 is 1.19 bits per heavy atom. The summed E-state index contributed by atoms with van der Waals surface area (Å²) < 4.78 is 0. The highest BCUT2D eigenvalue weighted by atomic mass is 15.0. The molecule has 1 atom stereocenters. The van der Waals surface area contributed by atoms with Gasteiger partial charge in [0.25, 0.3) is 0 Å². The van der Waals surface area contributed by atoms with Gasteiger partial charge in [-0.05, 0) is 38.5 Å². The van der Waals surface area contributed by atoms with Gasteiger partial charge in [0.1, 0.15) is 0 Å². The van der Waals surface area contributed by atoms with E-state index < -0.39 is 0 Å². The smallest absolute Gasteiger partial charge is 0.152 e. The molecule has 87 valence electrons. The Morgan fingerprint density at radius 3 is 2.31 bits per heavy atom. The van der Waals surface area contributed by atoms with Crippen molar-refractivity contribution in [3.8, 4) is 0 Å². The highest BCUT2D eigenvalue weighted by Gasteiger charge is 2.02. The summed E-state index contributed by atoms with van der Waals surface area (Å²) >= 11 is 0. The molecular weight excluding hydrogens is 193 g/mol. The van der Waals surface area contributed by atoms with E-state index >= 15 is 0 Å². The zero-order valence-electron chi connectivity index (χ0n) is 11.0. The van der Waals surface area contributed by atoms with Gasteiger partial charge in [0.05, 0.1) is 0 Å². The number of nitrogens with zero attached hydrogens (tertiary/aromatic N) is 1. The summed E-state index contributed by atoms with van der Waals surface area (Å²) in [5.41, 5.74) is 2.79. The average molecular weight is 216 g/mol. The van der Waals surface area contributed by atoms with E-state index in [2.05, 4.69) is 64.4 Å². The Labute approximate surface area is 101 Å². The van der Waals surface area contributed by atoms with Crippen molar-refractivity contribution in [2.75, 3.05) is 20.6 Å². The van der Waals surface area contributed by atoms with Gasteiger partial charge in [-0.25, -0.2) is 0 Å². The fourth-order valence-corrected chi connectivity index (χ4v) is 1.69. The van der Waals surface area contributed by atoms with E-state index in [1.54, 1.807) is 0 Å². The Bertz CT molecular complexity index is 292. The molecule has 0 aromatic heterocycles. The van der Waals surface area contributed by atoms with E-state index in [1.165, 1.54) is 17.4 Å². The molecule has 0 aliphatic heterocycles. The van der Waals surface area contributed by atoms with E-state index in [1.807, 2.05) is 0 Å². The zero-order chi connectivity index (χ0) is 12.0. The molecule has 0 aliphatic carbocycles. The first-order chi connectivity index (χ1) is 7.63. The molecule has 1 rings (SSSR count). The van der Waals surface area contributed by atoms with Gasteiger partial charge in [-0.3, -0.25) is 0 Å². The van der Waals surface area contributed by atoms with Crippen LogP contribution in [0.1, 0.15) is 31.7 Å². The SMILES string of the molecule is CCC(C)c1ccc([B]CCN(C)C)cc1. The zero-order valence-corrected chi connectivity index (χ0v) is 11.0. The topological polar surface area (TPSA) is 3.24 Å². The van der Waals surface area contributed by atoms with Crippen molar-refractivity contribution in [1.29, 1.82) is 0 Å². The predicted molar refractivity (Wildman–Crippen MR) is 73.9 cm³/mol. The van der Waals surface area contributed by atoms with Gasteiger partial charge < -0.3 is 4.90 Å². The first kappa shape index (κ1) is 13.3. The Kier molecular flexibility index (Phi) is 5.61. The summed E-state index contributed by atoms with van der Waals surface area (Å²) in [6.07, 6.45) is 2.33. The standard InChI is InChI=1S/C14H23BN/c1-5-12(2)13-6-8-14(9-7-13)15-10-11-16(3)4/h6-9,12H,5,10-11H2,1-4H3. The fourth-order valence-electron chi connectivity index (χ4n) is 1.69. The van der Waals surface area contributed by atoms with Crippen molar-refractivity contribution in [2.24, 2.45) is 0 Å². The Morgan fingerprint density at radius 2 is 1.81 bits per heavy atom. The van der Waals surface area contributed by atoms with Crippen LogP contribution in [-0.4, -0.2) is 32.8 Å². The minimum Gasteiger partial charge on any atom is -0.310 e. The van der Waals surface area contributed by atoms with Crippen LogP contribution in [0.15, 0.2) is 24.3 Å². The normalized spacial score (nSPS) is 12.8. The van der Waals surface area contributed by atoms with Gasteiger partial charge in [-0.15, -0.1) is 0 Å². The van der Waals surface area contributed by atoms with E-state index in [0.29, 0.717) is 5.92 Å². The molecule has 1 aromatic rings. The van der Waals surface area contributed by atoms with Crippen LogP contribution in [0, 0.1) is 0 Å². The van der Waals surface area contributed by atoms with Gasteiger partial charge in [0.2, 0.25) is 0 Å². The Hall–Kier alpha value is -0.755. The lowest BCUT2D eigenvalue weighted by Gasteiger charge is -2.10. The average Bonchev–Trinajstić information content (AvgIpc) is 2.28. The number of rotatable bonds is 6. The number of hydrogen-bond donors (Lipinski definition) is 0. The fraction of sp³-hybridized carbons (Fsp3) is 0.571. The molecule has 1 radical (unpaired) electrons. The highest BCUT2D eigenvalue weighted by molar-refractivity contribution is 6.53. The van der Waals surface area contributed by atoms with Crippen LogP contribution in [0.25, 0.3) is 0 Å². The van der Waals surface area contributed by atoms with Crippen molar-refractivity contribution in [3.63, 3.8) is 0 Å². The van der Waals surface area contributed by atoms with Crippen molar-refractivity contribution >= 4 is 12.7 Å². The molecule has 0 amide bonds. The van der Waals surface area contributed by atoms with Crippen LogP contribution < -0.4 is 5.46 Å². The largest absolute Gasteiger partial charge is 0.310 e. The number of benzene rings is 1. The minimum atomic E-state index is 0.677. The summed E-state index contributed by atoms with van der Waals surface area (Å²) in [5, 5.41) is 0. The third-order valence-electron chi connectivity index (χ3n) is 3.07. The molecule has 0 fully saturated rings. The molecule has 0 spiro atoms. The molecule has 1 nitrogen and oxygen atoms in total. The number of hydrogen-bond acceptors (Lipinski definition) is 1. The molecule has 0 saturated heterocycles. The molecule has 0 saturated carbocycles. The summed E-state index contributed by atoms with van der Waals surface area (Å²) in [4.78, 5) is 2.21. The first-order valence-corrected chi connectivity index (χ1v) is 6.21. The maximum atomic E-state index is 2.31. The van der Waals surface area contributed by atoms with Gasteiger partial charge >= 0.3 is 0 Å². The molecule has 1 unspecified atom stereocenters. The van der Waals surface area contributed by atoms with Crippen LogP contribution in [0.4, 0.5) is 0 Å². The van der Waals surface area contributed by atoms with Crippen molar-refractivity contribution < 1.29 is 0 Å². The van der Waals surface area contributed by atoms with Crippen LogP contribution >= 0.6 is 0 Å². The van der Waals surface area contributed by atoms with Gasteiger partial charge in [0.15, 0.2) is 7.28 Å². The molecule has 0 N–H and O–H groups in total. The third-order valence-corrected chi connectivity index (χ3v) is 3.07. The highest BCUT2D eigenvalue weighted by Crippen LogP contribution is 2.16. The molecule has 0 aliphatic rings. The van der Waals surface area contributed by atoms with E-state index in [9.17, 15) is 0 Å². The quantitative estimate of drug-likeness (QED) is 0.660. The van der Waals surface area contributed by atoms with Gasteiger partial charge in [-0.2, -0.15) is 0 Å². The summed E-state index contributed by atoms with van der Waals surface area (Å²) in [7, 11) is 6.53. The summed E-state index contributed by atoms with van der Waals surface area (Å²) in [6, 6.07) is 8.99. The molecule has 0 heterocycles. The van der Waals surface area contributed by atoms with Crippen molar-refractivity contribution in [2.45, 2.75) is 32.5 Å².